The number of hydrogen-bond donors (Lipinski definition) is 1. The van der Waals surface area contributed by atoms with Crippen LogP contribution in [0.1, 0.15) is 17.3 Å². The van der Waals surface area contributed by atoms with E-state index in [0.29, 0.717) is 11.4 Å². The molecule has 1 amide bonds. The average Bonchev–Trinajstić information content (AvgIpc) is 3.02. The van der Waals surface area contributed by atoms with Crippen LogP contribution < -0.4 is 5.32 Å². The molecule has 0 saturated heterocycles. The van der Waals surface area contributed by atoms with Gasteiger partial charge in [-0.1, -0.05) is 18.2 Å². The second-order valence-corrected chi connectivity index (χ2v) is 4.67. The zero-order chi connectivity index (χ0) is 14.1. The summed E-state index contributed by atoms with van der Waals surface area (Å²) in [6, 6.07) is 9.69. The molecule has 5 heteroatoms. The number of rotatable bonds is 3. The van der Waals surface area contributed by atoms with Gasteiger partial charge in [0.15, 0.2) is 5.82 Å². The monoisotopic (exact) mass is 268 g/mol. The number of carbonyl (C=O) groups excluding carboxylic acids is 1. The lowest BCUT2D eigenvalue weighted by Gasteiger charge is -2.00. The molecule has 1 aromatic carbocycles. The van der Waals surface area contributed by atoms with Crippen LogP contribution in [0.3, 0.4) is 0 Å². The van der Waals surface area contributed by atoms with E-state index in [2.05, 4.69) is 21.9 Å². The van der Waals surface area contributed by atoms with Crippen molar-refractivity contribution in [1.29, 1.82) is 0 Å². The van der Waals surface area contributed by atoms with Gasteiger partial charge in [0.2, 0.25) is 0 Å². The first-order valence-electron chi connectivity index (χ1n) is 6.58. The number of amides is 1. The van der Waals surface area contributed by atoms with Crippen molar-refractivity contribution in [3.05, 3.63) is 48.3 Å². The Kier molecular flexibility index (Phi) is 3.02. The molecule has 0 radical (unpaired) electrons. The van der Waals surface area contributed by atoms with Crippen molar-refractivity contribution in [3.63, 3.8) is 0 Å². The fourth-order valence-electron chi connectivity index (χ4n) is 2.35. The minimum absolute atomic E-state index is 0.132. The topological polar surface area (TPSA) is 51.9 Å². The van der Waals surface area contributed by atoms with Crippen molar-refractivity contribution in [2.75, 3.05) is 5.32 Å². The van der Waals surface area contributed by atoms with Gasteiger partial charge in [0, 0.05) is 43.0 Å². The number of fused-ring (bicyclic) bond motifs is 1. The molecular formula is C15H16N4O. The van der Waals surface area contributed by atoms with Crippen LogP contribution in [0.4, 0.5) is 5.82 Å². The van der Waals surface area contributed by atoms with Gasteiger partial charge < -0.3 is 9.88 Å². The summed E-state index contributed by atoms with van der Waals surface area (Å²) >= 11 is 0. The van der Waals surface area contributed by atoms with Crippen LogP contribution in [0.15, 0.2) is 42.7 Å². The normalized spacial score (nSPS) is 10.9. The molecule has 3 aromatic rings. The highest BCUT2D eigenvalue weighted by molar-refractivity contribution is 6.12. The molecule has 3 rings (SSSR count). The van der Waals surface area contributed by atoms with E-state index in [1.54, 1.807) is 16.9 Å². The molecule has 0 aliphatic heterocycles. The third-order valence-electron chi connectivity index (χ3n) is 3.33. The van der Waals surface area contributed by atoms with Gasteiger partial charge in [-0.2, -0.15) is 5.10 Å². The number of para-hydroxylation sites is 1. The Balaban J connectivity index is 1.99. The Morgan fingerprint density at radius 1 is 1.30 bits per heavy atom. The van der Waals surface area contributed by atoms with Gasteiger partial charge in [-0.3, -0.25) is 9.48 Å². The standard InChI is InChI=1S/C15H16N4O/c1-3-19-10-12(11-6-4-5-7-13(11)19)15(20)16-14-8-9-18(2)17-14/h4-10H,3H2,1-2H3,(H,16,17,20). The predicted molar refractivity (Wildman–Crippen MR) is 78.8 cm³/mol. The molecule has 5 nitrogen and oxygen atoms in total. The highest BCUT2D eigenvalue weighted by Gasteiger charge is 2.15. The molecule has 0 bridgehead atoms. The Bertz CT molecular complexity index is 769. The minimum Gasteiger partial charge on any atom is -0.347 e. The Hall–Kier alpha value is -2.56. The maximum absolute atomic E-state index is 12.4. The average molecular weight is 268 g/mol. The zero-order valence-corrected chi connectivity index (χ0v) is 11.5. The molecule has 0 saturated carbocycles. The fourth-order valence-corrected chi connectivity index (χ4v) is 2.35. The number of benzene rings is 1. The van der Waals surface area contributed by atoms with Crippen molar-refractivity contribution in [2.45, 2.75) is 13.5 Å². The van der Waals surface area contributed by atoms with Crippen LogP contribution in [-0.4, -0.2) is 20.3 Å². The van der Waals surface area contributed by atoms with E-state index >= 15 is 0 Å². The maximum atomic E-state index is 12.4. The lowest BCUT2D eigenvalue weighted by molar-refractivity contribution is 0.102. The van der Waals surface area contributed by atoms with Gasteiger partial charge in [-0.05, 0) is 13.0 Å². The first-order valence-corrected chi connectivity index (χ1v) is 6.58. The Labute approximate surface area is 116 Å². The molecule has 0 aliphatic rings. The van der Waals surface area contributed by atoms with Gasteiger partial charge in [0.05, 0.1) is 5.56 Å². The summed E-state index contributed by atoms with van der Waals surface area (Å²) in [5.74, 6) is 0.429. The number of anilines is 1. The molecule has 0 aliphatic carbocycles. The molecule has 0 spiro atoms. The van der Waals surface area contributed by atoms with Crippen molar-refractivity contribution in [1.82, 2.24) is 14.3 Å². The van der Waals surface area contributed by atoms with Crippen LogP contribution in [0.5, 0.6) is 0 Å². The quantitative estimate of drug-likeness (QED) is 0.794. The molecule has 0 atom stereocenters. The number of nitrogens with zero attached hydrogens (tertiary/aromatic N) is 3. The highest BCUT2D eigenvalue weighted by Crippen LogP contribution is 2.22. The van der Waals surface area contributed by atoms with Crippen LogP contribution in [0.2, 0.25) is 0 Å². The molecular weight excluding hydrogens is 252 g/mol. The van der Waals surface area contributed by atoms with Crippen molar-refractivity contribution in [3.8, 4) is 0 Å². The van der Waals surface area contributed by atoms with E-state index in [9.17, 15) is 4.79 Å². The number of nitrogens with one attached hydrogen (secondary N) is 1. The van der Waals surface area contributed by atoms with Gasteiger partial charge in [0.25, 0.3) is 5.91 Å². The number of hydrogen-bond acceptors (Lipinski definition) is 2. The first kappa shape index (κ1) is 12.5. The fraction of sp³-hybridized carbons (Fsp3) is 0.200. The van der Waals surface area contributed by atoms with Crippen LogP contribution in [0.25, 0.3) is 10.9 Å². The lowest BCUT2D eigenvalue weighted by Crippen LogP contribution is -2.12. The van der Waals surface area contributed by atoms with Crippen molar-refractivity contribution < 1.29 is 4.79 Å². The maximum Gasteiger partial charge on any atom is 0.259 e. The van der Waals surface area contributed by atoms with E-state index in [1.807, 2.05) is 37.5 Å². The highest BCUT2D eigenvalue weighted by atomic mass is 16.1. The molecule has 0 fully saturated rings. The molecule has 20 heavy (non-hydrogen) atoms. The van der Waals surface area contributed by atoms with Gasteiger partial charge in [-0.25, -0.2) is 0 Å². The van der Waals surface area contributed by atoms with E-state index in [1.165, 1.54) is 0 Å². The third-order valence-corrected chi connectivity index (χ3v) is 3.33. The molecule has 0 unspecified atom stereocenters. The number of aromatic nitrogens is 3. The summed E-state index contributed by atoms with van der Waals surface area (Å²) < 4.78 is 3.73. The summed E-state index contributed by atoms with van der Waals surface area (Å²) in [5.41, 5.74) is 1.74. The van der Waals surface area contributed by atoms with Crippen LogP contribution in [-0.2, 0) is 13.6 Å². The molecule has 2 heterocycles. The number of carbonyl (C=O) groups is 1. The summed E-state index contributed by atoms with van der Waals surface area (Å²) in [6.07, 6.45) is 3.69. The van der Waals surface area contributed by atoms with E-state index in [4.69, 9.17) is 0 Å². The summed E-state index contributed by atoms with van der Waals surface area (Å²) in [7, 11) is 1.82. The molecule has 1 N–H and O–H groups in total. The first-order chi connectivity index (χ1) is 9.69. The summed E-state index contributed by atoms with van der Waals surface area (Å²) in [5, 5.41) is 7.95. The largest absolute Gasteiger partial charge is 0.347 e. The van der Waals surface area contributed by atoms with Crippen molar-refractivity contribution in [2.24, 2.45) is 7.05 Å². The zero-order valence-electron chi connectivity index (χ0n) is 11.5. The van der Waals surface area contributed by atoms with E-state index < -0.39 is 0 Å². The smallest absolute Gasteiger partial charge is 0.259 e. The Morgan fingerprint density at radius 2 is 2.10 bits per heavy atom. The van der Waals surface area contributed by atoms with E-state index in [-0.39, 0.29) is 5.91 Å². The van der Waals surface area contributed by atoms with Gasteiger partial charge in [-0.15, -0.1) is 0 Å². The summed E-state index contributed by atoms with van der Waals surface area (Å²) in [6.45, 7) is 2.89. The SMILES string of the molecule is CCn1cc(C(=O)Nc2ccn(C)n2)c2ccccc21. The second kappa shape index (κ2) is 4.85. The van der Waals surface area contributed by atoms with Gasteiger partial charge in [0.1, 0.15) is 0 Å². The predicted octanol–water partition coefficient (Wildman–Crippen LogP) is 2.65. The van der Waals surface area contributed by atoms with Gasteiger partial charge >= 0.3 is 0 Å². The minimum atomic E-state index is -0.132. The van der Waals surface area contributed by atoms with Crippen LogP contribution >= 0.6 is 0 Å². The van der Waals surface area contributed by atoms with Crippen LogP contribution in [0, 0.1) is 0 Å². The molecule has 2 aromatic heterocycles. The van der Waals surface area contributed by atoms with Crippen molar-refractivity contribution >= 4 is 22.6 Å². The lowest BCUT2D eigenvalue weighted by atomic mass is 10.1. The molecule has 102 valence electrons. The van der Waals surface area contributed by atoms with E-state index in [0.717, 1.165) is 17.4 Å². The third kappa shape index (κ3) is 2.07. The number of aryl methyl sites for hydroxylation is 2. The Morgan fingerprint density at radius 3 is 2.80 bits per heavy atom. The summed E-state index contributed by atoms with van der Waals surface area (Å²) in [4.78, 5) is 12.4. The second-order valence-electron chi connectivity index (χ2n) is 4.67.